The minimum absolute atomic E-state index is 0.0646. The Morgan fingerprint density at radius 3 is 2.41 bits per heavy atom. The highest BCUT2D eigenvalue weighted by Crippen LogP contribution is 2.34. The summed E-state index contributed by atoms with van der Waals surface area (Å²) in [4.78, 5) is 15.0. The van der Waals surface area contributed by atoms with Crippen molar-refractivity contribution in [1.29, 1.82) is 0 Å². The van der Waals surface area contributed by atoms with Gasteiger partial charge in [0.05, 0.1) is 9.82 Å². The summed E-state index contributed by atoms with van der Waals surface area (Å²) in [5.74, 6) is 1.32. The predicted octanol–water partition coefficient (Wildman–Crippen LogP) is 1.94. The van der Waals surface area contributed by atoms with Gasteiger partial charge < -0.3 is 19.3 Å². The zero-order valence-corrected chi connectivity index (χ0v) is 18.9. The topological polar surface area (TPSA) is 105 Å². The molecule has 0 amide bonds. The fourth-order valence-electron chi connectivity index (χ4n) is 3.86. The molecular formula is C21H26N4O6S. The third kappa shape index (κ3) is 4.50. The van der Waals surface area contributed by atoms with Gasteiger partial charge in [-0.2, -0.15) is 4.31 Å². The van der Waals surface area contributed by atoms with E-state index in [9.17, 15) is 18.5 Å². The van der Waals surface area contributed by atoms with Crippen molar-refractivity contribution < 1.29 is 22.8 Å². The zero-order chi connectivity index (χ0) is 22.9. The van der Waals surface area contributed by atoms with E-state index in [2.05, 4.69) is 0 Å². The molecule has 2 aliphatic rings. The molecule has 0 unspecified atom stereocenters. The Morgan fingerprint density at radius 2 is 1.72 bits per heavy atom. The molecule has 1 fully saturated rings. The maximum absolute atomic E-state index is 13.0. The Hall–Kier alpha value is -2.89. The Kier molecular flexibility index (Phi) is 6.22. The Labute approximate surface area is 187 Å². The summed E-state index contributed by atoms with van der Waals surface area (Å²) in [6.07, 6.45) is 0. The van der Waals surface area contributed by atoms with Gasteiger partial charge >= 0.3 is 0 Å². The van der Waals surface area contributed by atoms with Crippen molar-refractivity contribution in [2.75, 3.05) is 58.4 Å². The Bertz CT molecular complexity index is 1120. The van der Waals surface area contributed by atoms with Crippen LogP contribution in [-0.2, 0) is 16.6 Å². The van der Waals surface area contributed by atoms with Crippen molar-refractivity contribution in [2.45, 2.75) is 11.4 Å². The van der Waals surface area contributed by atoms with Crippen molar-refractivity contribution in [1.82, 2.24) is 9.21 Å². The van der Waals surface area contributed by atoms with E-state index in [1.807, 2.05) is 30.1 Å². The average molecular weight is 463 g/mol. The number of fused-ring (bicyclic) bond motifs is 1. The van der Waals surface area contributed by atoms with Crippen LogP contribution < -0.4 is 14.4 Å². The maximum Gasteiger partial charge on any atom is 0.293 e. The second-order valence-corrected chi connectivity index (χ2v) is 9.89. The van der Waals surface area contributed by atoms with Gasteiger partial charge in [-0.15, -0.1) is 0 Å². The number of nitro groups is 1. The van der Waals surface area contributed by atoms with E-state index >= 15 is 0 Å². The fourth-order valence-corrected chi connectivity index (χ4v) is 5.30. The van der Waals surface area contributed by atoms with Crippen molar-refractivity contribution in [3.8, 4) is 11.5 Å². The number of nitro benzene ring substituents is 1. The molecule has 0 aliphatic carbocycles. The predicted molar refractivity (Wildman–Crippen MR) is 119 cm³/mol. The van der Waals surface area contributed by atoms with E-state index in [0.29, 0.717) is 63.1 Å². The number of ether oxygens (including phenoxy) is 2. The van der Waals surface area contributed by atoms with Gasteiger partial charge in [0.25, 0.3) is 5.69 Å². The third-order valence-electron chi connectivity index (χ3n) is 5.68. The van der Waals surface area contributed by atoms with E-state index < -0.39 is 14.9 Å². The molecule has 0 atom stereocenters. The third-order valence-corrected chi connectivity index (χ3v) is 7.58. The molecule has 1 saturated heterocycles. The first kappa shape index (κ1) is 22.3. The van der Waals surface area contributed by atoms with E-state index in [-0.39, 0.29) is 10.6 Å². The highest BCUT2D eigenvalue weighted by atomic mass is 32.2. The molecule has 172 valence electrons. The number of rotatable bonds is 6. The Balaban J connectivity index is 1.58. The summed E-state index contributed by atoms with van der Waals surface area (Å²) in [6, 6.07) is 9.64. The highest BCUT2D eigenvalue weighted by molar-refractivity contribution is 7.89. The van der Waals surface area contributed by atoms with Crippen LogP contribution in [0.25, 0.3) is 0 Å². The molecule has 11 heteroatoms. The molecule has 2 aliphatic heterocycles. The SMILES string of the molecule is CN1CCN(S(=O)(=O)c2ccc(N(C)Cc3ccc4c(c3)OCCO4)c([N+](=O)[O-])c2)CC1. The van der Waals surface area contributed by atoms with Crippen LogP contribution >= 0.6 is 0 Å². The normalized spacial score (nSPS) is 17.2. The van der Waals surface area contributed by atoms with Crippen LogP contribution in [0.4, 0.5) is 11.4 Å². The molecule has 0 bridgehead atoms. The van der Waals surface area contributed by atoms with Gasteiger partial charge in [-0.3, -0.25) is 10.1 Å². The fraction of sp³-hybridized carbons (Fsp3) is 0.429. The van der Waals surface area contributed by atoms with Crippen LogP contribution in [0.5, 0.6) is 11.5 Å². The Morgan fingerprint density at radius 1 is 1.03 bits per heavy atom. The first-order chi connectivity index (χ1) is 15.3. The second kappa shape index (κ2) is 8.93. The first-order valence-corrected chi connectivity index (χ1v) is 11.8. The van der Waals surface area contributed by atoms with Crippen LogP contribution in [0.3, 0.4) is 0 Å². The molecule has 2 aromatic carbocycles. The maximum atomic E-state index is 13.0. The van der Waals surface area contributed by atoms with E-state index in [0.717, 1.165) is 11.6 Å². The van der Waals surface area contributed by atoms with Gasteiger partial charge in [0, 0.05) is 45.8 Å². The van der Waals surface area contributed by atoms with Crippen molar-refractivity contribution >= 4 is 21.4 Å². The number of likely N-dealkylation sites (N-methyl/N-ethyl adjacent to an activating group) is 1. The summed E-state index contributed by atoms with van der Waals surface area (Å²) in [5.41, 5.74) is 0.975. The van der Waals surface area contributed by atoms with E-state index in [1.165, 1.54) is 16.4 Å². The molecule has 0 radical (unpaired) electrons. The lowest BCUT2D eigenvalue weighted by Gasteiger charge is -2.31. The van der Waals surface area contributed by atoms with Gasteiger partial charge in [-0.05, 0) is 36.9 Å². The second-order valence-electron chi connectivity index (χ2n) is 7.95. The minimum atomic E-state index is -3.80. The highest BCUT2D eigenvalue weighted by Gasteiger charge is 2.30. The van der Waals surface area contributed by atoms with Gasteiger partial charge in [-0.25, -0.2) is 8.42 Å². The molecule has 0 N–H and O–H groups in total. The largest absolute Gasteiger partial charge is 0.486 e. The summed E-state index contributed by atoms with van der Waals surface area (Å²) in [5, 5.41) is 11.8. The van der Waals surface area contributed by atoms with Gasteiger partial charge in [0.1, 0.15) is 18.9 Å². The average Bonchev–Trinajstić information content (AvgIpc) is 2.78. The summed E-state index contributed by atoms with van der Waals surface area (Å²) in [7, 11) is -0.138. The molecule has 32 heavy (non-hydrogen) atoms. The first-order valence-electron chi connectivity index (χ1n) is 10.3. The molecule has 4 rings (SSSR count). The number of nitrogens with zero attached hydrogens (tertiary/aromatic N) is 4. The number of benzene rings is 2. The molecular weight excluding hydrogens is 436 g/mol. The molecule has 10 nitrogen and oxygen atoms in total. The summed E-state index contributed by atoms with van der Waals surface area (Å²) in [6.45, 7) is 3.32. The number of piperazine rings is 1. The van der Waals surface area contributed by atoms with Crippen molar-refractivity contribution in [3.63, 3.8) is 0 Å². The quantitative estimate of drug-likeness (QED) is 0.474. The van der Waals surface area contributed by atoms with Crippen LogP contribution in [-0.4, -0.2) is 76.0 Å². The molecule has 0 aromatic heterocycles. The van der Waals surface area contributed by atoms with Gasteiger partial charge in [0.2, 0.25) is 10.0 Å². The standard InChI is InChI=1S/C21H26N4O6S/c1-22-7-9-24(10-8-22)32(28,29)17-4-5-18(19(14-17)25(26)27)23(2)15-16-3-6-20-21(13-16)31-12-11-30-20/h3-6,13-14H,7-12,15H2,1-2H3. The van der Waals surface area contributed by atoms with Gasteiger partial charge in [-0.1, -0.05) is 6.07 Å². The summed E-state index contributed by atoms with van der Waals surface area (Å²) >= 11 is 0. The zero-order valence-electron chi connectivity index (χ0n) is 18.1. The lowest BCUT2D eigenvalue weighted by atomic mass is 10.1. The summed E-state index contributed by atoms with van der Waals surface area (Å²) < 4.78 is 38.6. The number of hydrogen-bond acceptors (Lipinski definition) is 8. The smallest absolute Gasteiger partial charge is 0.293 e. The van der Waals surface area contributed by atoms with Gasteiger partial charge in [0.15, 0.2) is 11.5 Å². The van der Waals surface area contributed by atoms with Crippen LogP contribution in [0.2, 0.25) is 0 Å². The van der Waals surface area contributed by atoms with Crippen LogP contribution in [0.15, 0.2) is 41.3 Å². The van der Waals surface area contributed by atoms with Crippen molar-refractivity contribution in [3.05, 3.63) is 52.1 Å². The van der Waals surface area contributed by atoms with E-state index in [4.69, 9.17) is 9.47 Å². The van der Waals surface area contributed by atoms with Crippen LogP contribution in [0.1, 0.15) is 5.56 Å². The number of hydrogen-bond donors (Lipinski definition) is 0. The molecule has 2 aromatic rings. The van der Waals surface area contributed by atoms with Crippen molar-refractivity contribution in [2.24, 2.45) is 0 Å². The minimum Gasteiger partial charge on any atom is -0.486 e. The number of sulfonamides is 1. The molecule has 0 saturated carbocycles. The van der Waals surface area contributed by atoms with Crippen LogP contribution in [0, 0.1) is 10.1 Å². The lowest BCUT2D eigenvalue weighted by molar-refractivity contribution is -0.384. The monoisotopic (exact) mass is 462 g/mol. The number of anilines is 1. The molecule has 2 heterocycles. The lowest BCUT2D eigenvalue weighted by Crippen LogP contribution is -2.47. The van der Waals surface area contributed by atoms with E-state index in [1.54, 1.807) is 11.9 Å². The molecule has 0 spiro atoms.